The molecule has 2 rings (SSSR count). The highest BCUT2D eigenvalue weighted by Gasteiger charge is 2.00. The summed E-state index contributed by atoms with van der Waals surface area (Å²) in [5.41, 5.74) is 0.914. The molecule has 0 saturated carbocycles. The van der Waals surface area contributed by atoms with Gasteiger partial charge < -0.3 is 10.1 Å². The van der Waals surface area contributed by atoms with E-state index in [0.717, 1.165) is 35.4 Å². The molecule has 0 bridgehead atoms. The molecule has 1 N–H and O–H groups in total. The Kier molecular flexibility index (Phi) is 5.30. The predicted molar refractivity (Wildman–Crippen MR) is 78.2 cm³/mol. The van der Waals surface area contributed by atoms with Gasteiger partial charge in [0, 0.05) is 11.0 Å². The van der Waals surface area contributed by atoms with Crippen molar-refractivity contribution >= 4 is 15.9 Å². The number of halogens is 1. The van der Waals surface area contributed by atoms with Crippen molar-refractivity contribution < 1.29 is 4.74 Å². The van der Waals surface area contributed by atoms with E-state index >= 15 is 0 Å². The second-order valence-electron chi connectivity index (χ2n) is 4.08. The quantitative estimate of drug-likeness (QED) is 0.827. The first-order valence-corrected chi connectivity index (χ1v) is 7.02. The van der Waals surface area contributed by atoms with Crippen LogP contribution in [0.5, 0.6) is 11.6 Å². The van der Waals surface area contributed by atoms with Gasteiger partial charge >= 0.3 is 0 Å². The molecule has 0 amide bonds. The van der Waals surface area contributed by atoms with Crippen molar-refractivity contribution in [3.63, 3.8) is 0 Å². The summed E-state index contributed by atoms with van der Waals surface area (Å²) in [6, 6.07) is 7.60. The van der Waals surface area contributed by atoms with Crippen LogP contribution in [0.25, 0.3) is 0 Å². The van der Waals surface area contributed by atoms with Gasteiger partial charge in [-0.2, -0.15) is 0 Å². The smallest absolute Gasteiger partial charge is 0.237 e. The lowest BCUT2D eigenvalue weighted by molar-refractivity contribution is 0.458. The predicted octanol–water partition coefficient (Wildman–Crippen LogP) is 3.53. The molecular weight excluding hydrogens is 306 g/mol. The molecular formula is C14H16BrN3O. The standard InChI is InChI=1S/C14H16BrN3O/c1-2-7-16-8-12-9-18-14(10-17-12)19-13-5-3-11(15)4-6-13/h3-6,9-10,16H,2,7-8H2,1H3. The minimum Gasteiger partial charge on any atom is -0.438 e. The lowest BCUT2D eigenvalue weighted by atomic mass is 10.3. The molecule has 0 atom stereocenters. The summed E-state index contributed by atoms with van der Waals surface area (Å²) in [6.45, 7) is 3.85. The number of ether oxygens (including phenoxy) is 1. The highest BCUT2D eigenvalue weighted by atomic mass is 79.9. The van der Waals surface area contributed by atoms with Crippen LogP contribution in [0.15, 0.2) is 41.1 Å². The van der Waals surface area contributed by atoms with Gasteiger partial charge in [-0.15, -0.1) is 0 Å². The lowest BCUT2D eigenvalue weighted by Gasteiger charge is -2.05. The molecule has 2 aromatic rings. The molecule has 0 aliphatic carbocycles. The molecule has 0 unspecified atom stereocenters. The zero-order chi connectivity index (χ0) is 13.5. The van der Waals surface area contributed by atoms with Crippen molar-refractivity contribution in [2.24, 2.45) is 0 Å². The number of benzene rings is 1. The monoisotopic (exact) mass is 321 g/mol. The van der Waals surface area contributed by atoms with Crippen molar-refractivity contribution in [2.45, 2.75) is 19.9 Å². The minimum atomic E-state index is 0.501. The molecule has 0 saturated heterocycles. The average molecular weight is 322 g/mol. The molecule has 0 radical (unpaired) electrons. The maximum atomic E-state index is 5.60. The fourth-order valence-electron chi connectivity index (χ4n) is 1.50. The van der Waals surface area contributed by atoms with Gasteiger partial charge in [0.2, 0.25) is 5.88 Å². The molecule has 1 aromatic carbocycles. The maximum absolute atomic E-state index is 5.60. The Morgan fingerprint density at radius 3 is 2.58 bits per heavy atom. The van der Waals surface area contributed by atoms with Gasteiger partial charge in [-0.25, -0.2) is 4.98 Å². The Morgan fingerprint density at radius 2 is 1.95 bits per heavy atom. The van der Waals surface area contributed by atoms with Crippen LogP contribution in [0.2, 0.25) is 0 Å². The molecule has 19 heavy (non-hydrogen) atoms. The SMILES string of the molecule is CCCNCc1cnc(Oc2ccc(Br)cc2)cn1. The zero-order valence-electron chi connectivity index (χ0n) is 10.8. The maximum Gasteiger partial charge on any atom is 0.237 e. The van der Waals surface area contributed by atoms with Gasteiger partial charge in [-0.1, -0.05) is 22.9 Å². The van der Waals surface area contributed by atoms with Gasteiger partial charge in [0.05, 0.1) is 18.1 Å². The molecule has 4 nitrogen and oxygen atoms in total. The van der Waals surface area contributed by atoms with Gasteiger partial charge in [-0.3, -0.25) is 4.98 Å². The van der Waals surface area contributed by atoms with Crippen molar-refractivity contribution in [1.82, 2.24) is 15.3 Å². The van der Waals surface area contributed by atoms with Crippen LogP contribution in [-0.2, 0) is 6.54 Å². The second kappa shape index (κ2) is 7.21. The molecule has 100 valence electrons. The molecule has 0 spiro atoms. The number of rotatable bonds is 6. The average Bonchev–Trinajstić information content (AvgIpc) is 2.44. The van der Waals surface area contributed by atoms with E-state index in [1.807, 2.05) is 24.3 Å². The molecule has 0 aliphatic rings. The normalized spacial score (nSPS) is 10.4. The second-order valence-corrected chi connectivity index (χ2v) is 4.99. The van der Waals surface area contributed by atoms with Gasteiger partial charge in [-0.05, 0) is 37.2 Å². The zero-order valence-corrected chi connectivity index (χ0v) is 12.4. The van der Waals surface area contributed by atoms with E-state index in [9.17, 15) is 0 Å². The van der Waals surface area contributed by atoms with Crippen LogP contribution in [0.1, 0.15) is 19.0 Å². The van der Waals surface area contributed by atoms with Crippen molar-refractivity contribution in [3.8, 4) is 11.6 Å². The Bertz CT molecular complexity index is 499. The van der Waals surface area contributed by atoms with E-state index < -0.39 is 0 Å². The topological polar surface area (TPSA) is 47.0 Å². The van der Waals surface area contributed by atoms with Gasteiger partial charge in [0.25, 0.3) is 0 Å². The Balaban J connectivity index is 1.92. The first-order chi connectivity index (χ1) is 9.28. The highest BCUT2D eigenvalue weighted by Crippen LogP contribution is 2.20. The molecule has 1 aromatic heterocycles. The summed E-state index contributed by atoms with van der Waals surface area (Å²) >= 11 is 3.38. The number of hydrogen-bond donors (Lipinski definition) is 1. The Labute approximate surface area is 121 Å². The number of aromatic nitrogens is 2. The third-order valence-electron chi connectivity index (χ3n) is 2.45. The Hall–Kier alpha value is -1.46. The van der Waals surface area contributed by atoms with Crippen LogP contribution < -0.4 is 10.1 Å². The lowest BCUT2D eigenvalue weighted by Crippen LogP contribution is -2.14. The molecule has 0 fully saturated rings. The van der Waals surface area contributed by atoms with E-state index in [0.29, 0.717) is 5.88 Å². The van der Waals surface area contributed by atoms with E-state index in [1.54, 1.807) is 12.4 Å². The van der Waals surface area contributed by atoms with Gasteiger partial charge in [0.15, 0.2) is 0 Å². The number of nitrogens with one attached hydrogen (secondary N) is 1. The van der Waals surface area contributed by atoms with E-state index in [-0.39, 0.29) is 0 Å². The third-order valence-corrected chi connectivity index (χ3v) is 2.98. The first kappa shape index (κ1) is 14.0. The largest absolute Gasteiger partial charge is 0.438 e. The Morgan fingerprint density at radius 1 is 1.16 bits per heavy atom. The molecule has 5 heteroatoms. The van der Waals surface area contributed by atoms with E-state index in [2.05, 4.69) is 38.1 Å². The highest BCUT2D eigenvalue weighted by molar-refractivity contribution is 9.10. The number of hydrogen-bond acceptors (Lipinski definition) is 4. The number of nitrogens with zero attached hydrogens (tertiary/aromatic N) is 2. The third kappa shape index (κ3) is 4.61. The first-order valence-electron chi connectivity index (χ1n) is 6.23. The summed E-state index contributed by atoms with van der Waals surface area (Å²) in [7, 11) is 0. The summed E-state index contributed by atoms with van der Waals surface area (Å²) in [4.78, 5) is 8.54. The van der Waals surface area contributed by atoms with Crippen LogP contribution in [0.3, 0.4) is 0 Å². The molecule has 0 aliphatic heterocycles. The van der Waals surface area contributed by atoms with E-state index in [4.69, 9.17) is 4.74 Å². The van der Waals surface area contributed by atoms with Crippen LogP contribution >= 0.6 is 15.9 Å². The summed E-state index contributed by atoms with van der Waals surface area (Å²) < 4.78 is 6.62. The van der Waals surface area contributed by atoms with E-state index in [1.165, 1.54) is 0 Å². The van der Waals surface area contributed by atoms with Gasteiger partial charge in [0.1, 0.15) is 5.75 Å². The van der Waals surface area contributed by atoms with Crippen LogP contribution in [-0.4, -0.2) is 16.5 Å². The summed E-state index contributed by atoms with van der Waals surface area (Å²) in [5, 5.41) is 3.28. The van der Waals surface area contributed by atoms with Crippen LogP contribution in [0, 0.1) is 0 Å². The summed E-state index contributed by atoms with van der Waals surface area (Å²) in [5.74, 6) is 1.25. The van der Waals surface area contributed by atoms with Crippen LogP contribution in [0.4, 0.5) is 0 Å². The fourth-order valence-corrected chi connectivity index (χ4v) is 1.77. The van der Waals surface area contributed by atoms with Crippen molar-refractivity contribution in [2.75, 3.05) is 6.54 Å². The minimum absolute atomic E-state index is 0.501. The fraction of sp³-hybridized carbons (Fsp3) is 0.286. The van der Waals surface area contributed by atoms with Crippen molar-refractivity contribution in [1.29, 1.82) is 0 Å². The summed E-state index contributed by atoms with van der Waals surface area (Å²) in [6.07, 6.45) is 4.49. The molecule has 1 heterocycles. The van der Waals surface area contributed by atoms with Crippen molar-refractivity contribution in [3.05, 3.63) is 46.8 Å².